The fraction of sp³-hybridized carbons (Fsp3) is 0.600. The molecule has 2 rings (SSSR count). The van der Waals surface area contributed by atoms with Crippen LogP contribution in [0.5, 0.6) is 0 Å². The third-order valence-electron chi connectivity index (χ3n) is 3.60. The number of hydrogen-bond donors (Lipinski definition) is 1. The zero-order valence-corrected chi connectivity index (χ0v) is 10.9. The molecule has 1 aromatic carbocycles. The molecule has 1 saturated heterocycles. The Morgan fingerprint density at radius 2 is 2.24 bits per heavy atom. The van der Waals surface area contributed by atoms with Gasteiger partial charge in [-0.3, -0.25) is 0 Å². The molecular formula is C15H23NO. The van der Waals surface area contributed by atoms with E-state index in [1.54, 1.807) is 0 Å². The molecule has 1 fully saturated rings. The molecule has 2 atom stereocenters. The lowest BCUT2D eigenvalue weighted by Gasteiger charge is -2.17. The summed E-state index contributed by atoms with van der Waals surface area (Å²) >= 11 is 0. The number of aryl methyl sites for hydroxylation is 1. The first-order valence-corrected chi connectivity index (χ1v) is 6.68. The molecule has 2 nitrogen and oxygen atoms in total. The smallest absolute Gasteiger partial charge is 0.0588 e. The molecule has 0 aromatic heterocycles. The van der Waals surface area contributed by atoms with E-state index in [1.807, 2.05) is 0 Å². The Labute approximate surface area is 104 Å². The van der Waals surface area contributed by atoms with Gasteiger partial charge in [0.15, 0.2) is 0 Å². The first-order valence-electron chi connectivity index (χ1n) is 6.68. The Balaban J connectivity index is 1.77. The Kier molecular flexibility index (Phi) is 4.57. The van der Waals surface area contributed by atoms with E-state index >= 15 is 0 Å². The van der Waals surface area contributed by atoms with Gasteiger partial charge in [-0.2, -0.15) is 0 Å². The maximum absolute atomic E-state index is 5.62. The molecule has 17 heavy (non-hydrogen) atoms. The van der Waals surface area contributed by atoms with Gasteiger partial charge in [0.25, 0.3) is 0 Å². The van der Waals surface area contributed by atoms with Crippen molar-refractivity contribution in [2.45, 2.75) is 45.3 Å². The molecule has 0 amide bonds. The lowest BCUT2D eigenvalue weighted by atomic mass is 10.0. The van der Waals surface area contributed by atoms with Crippen molar-refractivity contribution < 1.29 is 4.74 Å². The van der Waals surface area contributed by atoms with Crippen LogP contribution in [0.1, 0.15) is 43.4 Å². The topological polar surface area (TPSA) is 21.3 Å². The van der Waals surface area contributed by atoms with Crippen LogP contribution in [0, 0.1) is 6.92 Å². The maximum atomic E-state index is 5.62. The summed E-state index contributed by atoms with van der Waals surface area (Å²) in [5.41, 5.74) is 2.77. The zero-order valence-electron chi connectivity index (χ0n) is 10.9. The minimum Gasteiger partial charge on any atom is -0.378 e. The second-order valence-electron chi connectivity index (χ2n) is 4.96. The summed E-state index contributed by atoms with van der Waals surface area (Å²) in [6.07, 6.45) is 4.10. The largest absolute Gasteiger partial charge is 0.378 e. The fourth-order valence-corrected chi connectivity index (χ4v) is 2.52. The van der Waals surface area contributed by atoms with Crippen molar-refractivity contribution in [2.24, 2.45) is 0 Å². The third-order valence-corrected chi connectivity index (χ3v) is 3.60. The number of nitrogens with one attached hydrogen (secondary N) is 1. The molecule has 2 heteroatoms. The van der Waals surface area contributed by atoms with Crippen LogP contribution in [0.4, 0.5) is 0 Å². The lowest BCUT2D eigenvalue weighted by molar-refractivity contribution is 0.103. The van der Waals surface area contributed by atoms with E-state index in [2.05, 4.69) is 43.4 Å². The Morgan fingerprint density at radius 1 is 1.41 bits per heavy atom. The van der Waals surface area contributed by atoms with E-state index in [1.165, 1.54) is 24.0 Å². The van der Waals surface area contributed by atoms with E-state index in [0.717, 1.165) is 19.6 Å². The zero-order chi connectivity index (χ0) is 12.1. The molecule has 0 radical (unpaired) electrons. The van der Waals surface area contributed by atoms with Crippen LogP contribution in [0.25, 0.3) is 0 Å². The van der Waals surface area contributed by atoms with E-state index in [-0.39, 0.29) is 0 Å². The first kappa shape index (κ1) is 12.6. The predicted molar refractivity (Wildman–Crippen MR) is 71.2 cm³/mol. The summed E-state index contributed by atoms with van der Waals surface area (Å²) in [5, 5.41) is 3.59. The highest BCUT2D eigenvalue weighted by Crippen LogP contribution is 2.18. The minimum absolute atomic E-state index is 0.428. The van der Waals surface area contributed by atoms with Gasteiger partial charge in [-0.25, -0.2) is 0 Å². The second kappa shape index (κ2) is 6.18. The van der Waals surface area contributed by atoms with Crippen molar-refractivity contribution in [3.63, 3.8) is 0 Å². The van der Waals surface area contributed by atoms with Crippen molar-refractivity contribution in [1.82, 2.24) is 5.32 Å². The third kappa shape index (κ3) is 3.55. The van der Waals surface area contributed by atoms with Gasteiger partial charge < -0.3 is 10.1 Å². The monoisotopic (exact) mass is 233 g/mol. The number of benzene rings is 1. The molecule has 0 bridgehead atoms. The van der Waals surface area contributed by atoms with E-state index in [0.29, 0.717) is 12.1 Å². The highest BCUT2D eigenvalue weighted by molar-refractivity contribution is 5.28. The van der Waals surface area contributed by atoms with Gasteiger partial charge >= 0.3 is 0 Å². The van der Waals surface area contributed by atoms with E-state index in [9.17, 15) is 0 Å². The van der Waals surface area contributed by atoms with Gasteiger partial charge in [-0.1, -0.05) is 24.3 Å². The van der Waals surface area contributed by atoms with Gasteiger partial charge in [0.2, 0.25) is 0 Å². The number of ether oxygens (including phenoxy) is 1. The molecule has 1 aliphatic heterocycles. The van der Waals surface area contributed by atoms with Crippen LogP contribution in [-0.2, 0) is 4.74 Å². The molecule has 2 unspecified atom stereocenters. The van der Waals surface area contributed by atoms with Crippen LogP contribution >= 0.6 is 0 Å². The maximum Gasteiger partial charge on any atom is 0.0588 e. The summed E-state index contributed by atoms with van der Waals surface area (Å²) in [6, 6.07) is 9.02. The van der Waals surface area contributed by atoms with E-state index < -0.39 is 0 Å². The van der Waals surface area contributed by atoms with E-state index in [4.69, 9.17) is 4.74 Å². The predicted octanol–water partition coefficient (Wildman–Crippen LogP) is 3.21. The second-order valence-corrected chi connectivity index (χ2v) is 4.96. The van der Waals surface area contributed by atoms with Crippen molar-refractivity contribution in [3.8, 4) is 0 Å². The first-order chi connectivity index (χ1) is 8.27. The van der Waals surface area contributed by atoms with Crippen LogP contribution in [0.3, 0.4) is 0 Å². The molecular weight excluding hydrogens is 210 g/mol. The van der Waals surface area contributed by atoms with Crippen molar-refractivity contribution >= 4 is 0 Å². The minimum atomic E-state index is 0.428. The van der Waals surface area contributed by atoms with Crippen molar-refractivity contribution in [3.05, 3.63) is 35.4 Å². The summed E-state index contributed by atoms with van der Waals surface area (Å²) in [5.74, 6) is 0. The molecule has 0 spiro atoms. The quantitative estimate of drug-likeness (QED) is 0.843. The molecule has 1 aliphatic rings. The molecule has 0 aliphatic carbocycles. The average molecular weight is 233 g/mol. The fourth-order valence-electron chi connectivity index (χ4n) is 2.52. The van der Waals surface area contributed by atoms with Crippen LogP contribution in [0.15, 0.2) is 24.3 Å². The van der Waals surface area contributed by atoms with Crippen LogP contribution in [-0.4, -0.2) is 19.3 Å². The summed E-state index contributed by atoms with van der Waals surface area (Å²) in [4.78, 5) is 0. The summed E-state index contributed by atoms with van der Waals surface area (Å²) < 4.78 is 5.62. The molecule has 0 saturated carbocycles. The Morgan fingerprint density at radius 3 is 2.94 bits per heavy atom. The average Bonchev–Trinajstić information content (AvgIpc) is 2.82. The van der Waals surface area contributed by atoms with Gasteiger partial charge in [0.1, 0.15) is 0 Å². The van der Waals surface area contributed by atoms with Gasteiger partial charge in [-0.05, 0) is 50.8 Å². The van der Waals surface area contributed by atoms with Crippen LogP contribution in [0.2, 0.25) is 0 Å². The molecule has 1 aromatic rings. The molecule has 1 N–H and O–H groups in total. The van der Waals surface area contributed by atoms with Crippen LogP contribution < -0.4 is 5.32 Å². The van der Waals surface area contributed by atoms with Crippen molar-refractivity contribution in [1.29, 1.82) is 0 Å². The summed E-state index contributed by atoms with van der Waals surface area (Å²) in [7, 11) is 0. The summed E-state index contributed by atoms with van der Waals surface area (Å²) in [6.45, 7) is 6.41. The molecule has 94 valence electrons. The standard InChI is InChI=1S/C15H23NO/c1-12-6-3-4-8-15(12)13(2)16-10-9-14-7-5-11-17-14/h3-4,6,8,13-14,16H,5,7,9-11H2,1-2H3. The lowest BCUT2D eigenvalue weighted by Crippen LogP contribution is -2.23. The van der Waals surface area contributed by atoms with Gasteiger partial charge in [-0.15, -0.1) is 0 Å². The van der Waals surface area contributed by atoms with Crippen molar-refractivity contribution in [2.75, 3.05) is 13.2 Å². The number of hydrogen-bond acceptors (Lipinski definition) is 2. The highest BCUT2D eigenvalue weighted by Gasteiger charge is 2.15. The highest BCUT2D eigenvalue weighted by atomic mass is 16.5. The molecule has 1 heterocycles. The van der Waals surface area contributed by atoms with Gasteiger partial charge in [0, 0.05) is 12.6 Å². The normalized spacial score (nSPS) is 21.6. The van der Waals surface area contributed by atoms with Gasteiger partial charge in [0.05, 0.1) is 6.10 Å². The Bertz CT molecular complexity index is 345. The SMILES string of the molecule is Cc1ccccc1C(C)NCCC1CCCO1. The Hall–Kier alpha value is -0.860. The number of rotatable bonds is 5.